The van der Waals surface area contributed by atoms with Gasteiger partial charge in [0, 0.05) is 11.3 Å². The van der Waals surface area contributed by atoms with Gasteiger partial charge in [0.2, 0.25) is 5.91 Å². The number of anilines is 1. The smallest absolute Gasteiger partial charge is 0.233 e. The van der Waals surface area contributed by atoms with Crippen LogP contribution in [-0.2, 0) is 4.79 Å². The third-order valence-electron chi connectivity index (χ3n) is 6.98. The second-order valence-corrected chi connectivity index (χ2v) is 9.20. The van der Waals surface area contributed by atoms with Crippen LogP contribution in [0.1, 0.15) is 36.1 Å². The van der Waals surface area contributed by atoms with Crippen LogP contribution >= 0.6 is 0 Å². The van der Waals surface area contributed by atoms with Crippen molar-refractivity contribution < 1.29 is 23.4 Å². The van der Waals surface area contributed by atoms with Crippen molar-refractivity contribution in [3.8, 4) is 16.9 Å². The largest absolute Gasteiger partial charge is 0.496 e. The van der Waals surface area contributed by atoms with E-state index in [0.29, 0.717) is 29.8 Å². The van der Waals surface area contributed by atoms with Gasteiger partial charge in [-0.3, -0.25) is 4.79 Å². The van der Waals surface area contributed by atoms with E-state index in [4.69, 9.17) is 4.74 Å². The molecule has 4 aromatic rings. The Hall–Kier alpha value is -4.03. The maximum Gasteiger partial charge on any atom is 0.233 e. The number of carbonyl (C=O) groups excluding carboxylic acids is 1. The number of hydrogen-bond donors (Lipinski definition) is 1. The summed E-state index contributed by atoms with van der Waals surface area (Å²) in [6.07, 6.45) is -0.0694. The van der Waals surface area contributed by atoms with E-state index in [0.717, 1.165) is 16.7 Å². The highest BCUT2D eigenvalue weighted by molar-refractivity contribution is 6.03. The molecule has 1 heterocycles. The highest BCUT2D eigenvalue weighted by Crippen LogP contribution is 2.49. The summed E-state index contributed by atoms with van der Waals surface area (Å²) < 4.78 is 32.7. The fourth-order valence-electron chi connectivity index (χ4n) is 5.03. The zero-order chi connectivity index (χ0) is 25.9. The molecule has 1 N–H and O–H groups in total. The topological polar surface area (TPSA) is 49.8 Å². The minimum atomic E-state index is -0.823. The average Bonchev–Trinajstić information content (AvgIpc) is 2.93. The number of β-lactam (4-membered cyclic amide) rings is 1. The Bertz CT molecular complexity index is 1370. The Morgan fingerprint density at radius 1 is 0.865 bits per heavy atom. The van der Waals surface area contributed by atoms with Crippen molar-refractivity contribution in [1.29, 1.82) is 0 Å². The first-order valence-electron chi connectivity index (χ1n) is 12.2. The molecule has 4 aromatic carbocycles. The van der Waals surface area contributed by atoms with E-state index in [-0.39, 0.29) is 23.6 Å². The Labute approximate surface area is 214 Å². The average molecular weight is 500 g/mol. The Balaban J connectivity index is 1.46. The number of nitrogens with zero attached hydrogens (tertiary/aromatic N) is 1. The third-order valence-corrected chi connectivity index (χ3v) is 6.98. The molecule has 5 rings (SSSR count). The number of carbonyl (C=O) groups is 1. The fraction of sp³-hybridized carbons (Fsp3) is 0.194. The van der Waals surface area contributed by atoms with Gasteiger partial charge in [0.25, 0.3) is 0 Å². The molecule has 37 heavy (non-hydrogen) atoms. The summed E-state index contributed by atoms with van der Waals surface area (Å²) in [5.41, 5.74) is 4.08. The van der Waals surface area contributed by atoms with Gasteiger partial charge in [0.05, 0.1) is 25.2 Å². The van der Waals surface area contributed by atoms with E-state index < -0.39 is 12.0 Å². The maximum atomic E-state index is 13.6. The van der Waals surface area contributed by atoms with Gasteiger partial charge in [-0.2, -0.15) is 0 Å². The first-order chi connectivity index (χ1) is 18.0. The Morgan fingerprint density at radius 2 is 1.51 bits per heavy atom. The number of ether oxygens (including phenoxy) is 1. The highest BCUT2D eigenvalue weighted by atomic mass is 19.1. The zero-order valence-electron chi connectivity index (χ0n) is 20.4. The molecule has 0 aromatic heterocycles. The quantitative estimate of drug-likeness (QED) is 0.270. The van der Waals surface area contributed by atoms with E-state index in [1.54, 1.807) is 36.3 Å². The van der Waals surface area contributed by atoms with Crippen molar-refractivity contribution >= 4 is 11.6 Å². The molecule has 1 aliphatic rings. The first-order valence-corrected chi connectivity index (χ1v) is 12.2. The van der Waals surface area contributed by atoms with E-state index in [1.807, 2.05) is 48.5 Å². The van der Waals surface area contributed by atoms with Gasteiger partial charge in [0.15, 0.2) is 0 Å². The summed E-state index contributed by atoms with van der Waals surface area (Å²) in [6, 6.07) is 27.1. The fourth-order valence-corrected chi connectivity index (χ4v) is 5.03. The van der Waals surface area contributed by atoms with E-state index in [2.05, 4.69) is 0 Å². The van der Waals surface area contributed by atoms with E-state index >= 15 is 0 Å². The molecule has 4 nitrogen and oxygen atoms in total. The van der Waals surface area contributed by atoms with Crippen molar-refractivity contribution in [2.75, 3.05) is 12.0 Å². The van der Waals surface area contributed by atoms with Crippen molar-refractivity contribution in [1.82, 2.24) is 0 Å². The number of rotatable bonds is 8. The molecule has 1 amide bonds. The number of aliphatic hydroxyl groups excluding tert-OH is 1. The van der Waals surface area contributed by atoms with Crippen LogP contribution in [0.15, 0.2) is 97.1 Å². The summed E-state index contributed by atoms with van der Waals surface area (Å²) in [6.45, 7) is 0. The van der Waals surface area contributed by atoms with Crippen molar-refractivity contribution in [3.05, 3.63) is 120 Å². The van der Waals surface area contributed by atoms with Crippen LogP contribution in [0.4, 0.5) is 14.5 Å². The third kappa shape index (κ3) is 4.98. The lowest BCUT2D eigenvalue weighted by Crippen LogP contribution is -2.55. The molecule has 0 bridgehead atoms. The predicted octanol–water partition coefficient (Wildman–Crippen LogP) is 6.86. The highest BCUT2D eigenvalue weighted by Gasteiger charge is 2.49. The van der Waals surface area contributed by atoms with E-state index in [9.17, 15) is 18.7 Å². The molecule has 188 valence electrons. The Kier molecular flexibility index (Phi) is 7.01. The summed E-state index contributed by atoms with van der Waals surface area (Å²) in [5.74, 6) is -0.605. The van der Waals surface area contributed by atoms with Crippen LogP contribution in [0.2, 0.25) is 0 Å². The Morgan fingerprint density at radius 3 is 2.16 bits per heavy atom. The van der Waals surface area contributed by atoms with Crippen LogP contribution in [0.25, 0.3) is 11.1 Å². The molecule has 1 aliphatic heterocycles. The van der Waals surface area contributed by atoms with Crippen LogP contribution in [0.5, 0.6) is 5.75 Å². The van der Waals surface area contributed by atoms with Crippen LogP contribution < -0.4 is 9.64 Å². The lowest BCUT2D eigenvalue weighted by atomic mass is 9.77. The monoisotopic (exact) mass is 499 g/mol. The summed E-state index contributed by atoms with van der Waals surface area (Å²) in [4.78, 5) is 15.0. The molecule has 1 saturated heterocycles. The molecule has 6 heteroatoms. The summed E-state index contributed by atoms with van der Waals surface area (Å²) in [5, 5.41) is 10.7. The second kappa shape index (κ2) is 10.5. The molecular formula is C31H27F2NO3. The van der Waals surface area contributed by atoms with Gasteiger partial charge in [-0.25, -0.2) is 8.78 Å². The van der Waals surface area contributed by atoms with Gasteiger partial charge in [-0.05, 0) is 72.0 Å². The molecule has 3 atom stereocenters. The lowest BCUT2D eigenvalue weighted by molar-refractivity contribution is -0.131. The number of amides is 1. The van der Waals surface area contributed by atoms with Crippen molar-refractivity contribution in [2.24, 2.45) is 5.92 Å². The van der Waals surface area contributed by atoms with Gasteiger partial charge in [-0.1, -0.05) is 54.6 Å². The normalized spacial score (nSPS) is 17.8. The first kappa shape index (κ1) is 24.7. The molecule has 1 fully saturated rings. The number of benzene rings is 4. The van der Waals surface area contributed by atoms with E-state index in [1.165, 1.54) is 24.3 Å². The second-order valence-electron chi connectivity index (χ2n) is 9.20. The van der Waals surface area contributed by atoms with Crippen LogP contribution in [0.3, 0.4) is 0 Å². The number of hydrogen-bond acceptors (Lipinski definition) is 3. The van der Waals surface area contributed by atoms with Crippen molar-refractivity contribution in [3.63, 3.8) is 0 Å². The van der Waals surface area contributed by atoms with Gasteiger partial charge >= 0.3 is 0 Å². The van der Waals surface area contributed by atoms with Crippen LogP contribution in [-0.4, -0.2) is 18.1 Å². The standard InChI is InChI=1S/C31H27F2NO3/c1-37-29-19-22(20-5-3-2-4-6-20)9-16-26(29)30-27(17-18-28(35)21-7-10-23(32)11-8-21)31(36)34(30)25-14-12-24(33)13-15-25/h2-16,19,27-28,30,35H,17-18H2,1H3/t27?,28-,30?/m0/s1. The minimum absolute atomic E-state index is 0.0999. The van der Waals surface area contributed by atoms with Gasteiger partial charge < -0.3 is 14.7 Å². The zero-order valence-corrected chi connectivity index (χ0v) is 20.4. The lowest BCUT2D eigenvalue weighted by Gasteiger charge is -2.48. The minimum Gasteiger partial charge on any atom is -0.496 e. The summed E-state index contributed by atoms with van der Waals surface area (Å²) in [7, 11) is 1.60. The van der Waals surface area contributed by atoms with Gasteiger partial charge in [-0.15, -0.1) is 0 Å². The van der Waals surface area contributed by atoms with Crippen LogP contribution in [0, 0.1) is 17.6 Å². The molecule has 0 aliphatic carbocycles. The molecular weight excluding hydrogens is 472 g/mol. The summed E-state index contributed by atoms with van der Waals surface area (Å²) >= 11 is 0. The molecule has 0 saturated carbocycles. The SMILES string of the molecule is COc1cc(-c2ccccc2)ccc1C1C(CC[C@H](O)c2ccc(F)cc2)C(=O)N1c1ccc(F)cc1. The number of halogens is 2. The maximum absolute atomic E-state index is 13.6. The predicted molar refractivity (Wildman–Crippen MR) is 139 cm³/mol. The number of aliphatic hydroxyl groups is 1. The molecule has 0 spiro atoms. The number of methoxy groups -OCH3 is 1. The molecule has 0 radical (unpaired) electrons. The van der Waals surface area contributed by atoms with Crippen molar-refractivity contribution in [2.45, 2.75) is 25.0 Å². The van der Waals surface area contributed by atoms with Gasteiger partial charge in [0.1, 0.15) is 17.4 Å². The molecule has 2 unspecified atom stereocenters.